The zero-order chi connectivity index (χ0) is 9.35. The second kappa shape index (κ2) is 2.82. The molecule has 1 heterocycles. The van der Waals surface area contributed by atoms with E-state index in [0.29, 0.717) is 7.48 Å². The van der Waals surface area contributed by atoms with Gasteiger partial charge in [-0.3, -0.25) is 4.68 Å². The molecule has 0 spiro atoms. The molecule has 0 saturated carbocycles. The van der Waals surface area contributed by atoms with Gasteiger partial charge in [0.1, 0.15) is 0 Å². The largest absolute Gasteiger partial charge is 0.449 e. The van der Waals surface area contributed by atoms with Crippen molar-refractivity contribution in [3.63, 3.8) is 0 Å². The highest BCUT2D eigenvalue weighted by atomic mass is 19.4. The lowest BCUT2D eigenvalue weighted by molar-refractivity contribution is -0.141. The van der Waals surface area contributed by atoms with E-state index in [1.54, 1.807) is 0 Å². The number of aryl methyl sites for hydroxylation is 1. The molecular formula is C5H5BF3N2O. The van der Waals surface area contributed by atoms with E-state index in [1.165, 1.54) is 7.05 Å². The normalized spacial score (nSPS) is 11.8. The predicted octanol–water partition coefficient (Wildman–Crippen LogP) is -0.324. The lowest BCUT2D eigenvalue weighted by atomic mass is 9.96. The van der Waals surface area contributed by atoms with Crippen LogP contribution in [0.2, 0.25) is 0 Å². The summed E-state index contributed by atoms with van der Waals surface area (Å²) in [6.45, 7) is 0. The summed E-state index contributed by atoms with van der Waals surface area (Å²) in [5.74, 6) is 0. The standard InChI is InChI=1S/C5H5BF3N2O/c1-11-4(6-12)2-3(10-11)5(7,8)9/h2,12H,1H3. The van der Waals surface area contributed by atoms with Crippen LogP contribution in [0.5, 0.6) is 0 Å². The number of halogens is 3. The number of aromatic nitrogens is 2. The Morgan fingerprint density at radius 1 is 1.58 bits per heavy atom. The van der Waals surface area contributed by atoms with Crippen LogP contribution in [0.1, 0.15) is 5.69 Å². The summed E-state index contributed by atoms with van der Waals surface area (Å²) in [5.41, 5.74) is -0.993. The maximum atomic E-state index is 11.9. The van der Waals surface area contributed by atoms with Gasteiger partial charge in [-0.05, 0) is 6.07 Å². The summed E-state index contributed by atoms with van der Waals surface area (Å²) in [6, 6.07) is 0.764. The Kier molecular flexibility index (Phi) is 2.14. The fourth-order valence-corrected chi connectivity index (χ4v) is 0.741. The van der Waals surface area contributed by atoms with Crippen LogP contribution in [0.4, 0.5) is 13.2 Å². The third kappa shape index (κ3) is 1.61. The Hall–Kier alpha value is -0.975. The van der Waals surface area contributed by atoms with Gasteiger partial charge in [0, 0.05) is 12.6 Å². The Morgan fingerprint density at radius 3 is 2.42 bits per heavy atom. The number of nitrogens with zero attached hydrogens (tertiary/aromatic N) is 2. The number of hydrogen-bond donors (Lipinski definition) is 1. The van der Waals surface area contributed by atoms with Crippen LogP contribution in [-0.2, 0) is 13.2 Å². The van der Waals surface area contributed by atoms with Gasteiger partial charge < -0.3 is 5.02 Å². The van der Waals surface area contributed by atoms with E-state index in [9.17, 15) is 13.2 Å². The third-order valence-electron chi connectivity index (χ3n) is 1.34. The molecule has 0 atom stereocenters. The molecular weight excluding hydrogens is 172 g/mol. The van der Waals surface area contributed by atoms with Gasteiger partial charge >= 0.3 is 13.7 Å². The van der Waals surface area contributed by atoms with Crippen molar-refractivity contribution in [1.29, 1.82) is 0 Å². The van der Waals surface area contributed by atoms with Gasteiger partial charge in [0.05, 0.1) is 0 Å². The highest BCUT2D eigenvalue weighted by Crippen LogP contribution is 2.26. The van der Waals surface area contributed by atoms with Crippen molar-refractivity contribution in [3.05, 3.63) is 11.8 Å². The van der Waals surface area contributed by atoms with Crippen LogP contribution in [0.3, 0.4) is 0 Å². The summed E-state index contributed by atoms with van der Waals surface area (Å²) in [4.78, 5) is 0. The smallest absolute Gasteiger partial charge is 0.435 e. The van der Waals surface area contributed by atoms with Gasteiger partial charge in [0.15, 0.2) is 5.69 Å². The summed E-state index contributed by atoms with van der Waals surface area (Å²) >= 11 is 0. The molecule has 1 aromatic rings. The van der Waals surface area contributed by atoms with Gasteiger partial charge in [-0.2, -0.15) is 18.3 Å². The SMILES string of the molecule is Cn1nc(C(F)(F)F)cc1[B]O. The maximum Gasteiger partial charge on any atom is 0.435 e. The minimum absolute atomic E-state index is 0.0160. The summed E-state index contributed by atoms with van der Waals surface area (Å²) in [5, 5.41) is 11.6. The van der Waals surface area contributed by atoms with Gasteiger partial charge in [0.2, 0.25) is 0 Å². The van der Waals surface area contributed by atoms with E-state index >= 15 is 0 Å². The zero-order valence-corrected chi connectivity index (χ0v) is 6.13. The van der Waals surface area contributed by atoms with Crippen molar-refractivity contribution >= 4 is 13.1 Å². The van der Waals surface area contributed by atoms with Gasteiger partial charge in [-0.1, -0.05) is 0 Å². The van der Waals surface area contributed by atoms with Crippen LogP contribution < -0.4 is 5.59 Å². The molecule has 0 aliphatic carbocycles. The number of rotatable bonds is 1. The topological polar surface area (TPSA) is 38.0 Å². The van der Waals surface area contributed by atoms with Crippen LogP contribution in [0.15, 0.2) is 6.07 Å². The van der Waals surface area contributed by atoms with Crippen molar-refractivity contribution in [2.45, 2.75) is 6.18 Å². The van der Waals surface area contributed by atoms with E-state index in [1.807, 2.05) is 0 Å². The second-order valence-corrected chi connectivity index (χ2v) is 2.20. The molecule has 1 N–H and O–H groups in total. The molecule has 12 heavy (non-hydrogen) atoms. The molecule has 7 heteroatoms. The zero-order valence-electron chi connectivity index (χ0n) is 6.13. The summed E-state index contributed by atoms with van der Waals surface area (Å²) in [6.07, 6.45) is -4.46. The molecule has 1 aromatic heterocycles. The molecule has 0 amide bonds. The third-order valence-corrected chi connectivity index (χ3v) is 1.34. The fourth-order valence-electron chi connectivity index (χ4n) is 0.741. The first-order valence-electron chi connectivity index (χ1n) is 3.04. The molecule has 0 aliphatic heterocycles. The quantitative estimate of drug-likeness (QED) is 0.596. The summed E-state index contributed by atoms with van der Waals surface area (Å²) < 4.78 is 36.8. The van der Waals surface area contributed by atoms with E-state index in [0.717, 1.165) is 10.7 Å². The average Bonchev–Trinajstić information content (AvgIpc) is 2.29. The van der Waals surface area contributed by atoms with Gasteiger partial charge in [-0.15, -0.1) is 0 Å². The Morgan fingerprint density at radius 2 is 2.17 bits per heavy atom. The lowest BCUT2D eigenvalue weighted by Gasteiger charge is -1.99. The predicted molar refractivity (Wildman–Crippen MR) is 35.8 cm³/mol. The minimum Gasteiger partial charge on any atom is -0.449 e. The Balaban J connectivity index is 3.05. The van der Waals surface area contributed by atoms with Crippen LogP contribution in [0, 0.1) is 0 Å². The van der Waals surface area contributed by atoms with Crippen LogP contribution in [-0.4, -0.2) is 22.3 Å². The van der Waals surface area contributed by atoms with Crippen molar-refractivity contribution in [2.24, 2.45) is 7.05 Å². The molecule has 0 aliphatic rings. The molecule has 0 fully saturated rings. The van der Waals surface area contributed by atoms with Crippen LogP contribution in [0.25, 0.3) is 0 Å². The first-order chi connectivity index (χ1) is 5.45. The molecule has 0 aromatic carbocycles. The highest BCUT2D eigenvalue weighted by Gasteiger charge is 2.34. The Bertz CT molecular complexity index is 283. The Labute approximate surface area is 67.1 Å². The van der Waals surface area contributed by atoms with Crippen LogP contribution >= 0.6 is 0 Å². The van der Waals surface area contributed by atoms with Crippen molar-refractivity contribution in [3.8, 4) is 0 Å². The molecule has 0 saturated heterocycles. The van der Waals surface area contributed by atoms with E-state index in [4.69, 9.17) is 5.02 Å². The van der Waals surface area contributed by atoms with Crippen molar-refractivity contribution in [1.82, 2.24) is 9.78 Å². The van der Waals surface area contributed by atoms with E-state index < -0.39 is 11.9 Å². The van der Waals surface area contributed by atoms with Gasteiger partial charge in [-0.25, -0.2) is 0 Å². The fraction of sp³-hybridized carbons (Fsp3) is 0.400. The monoisotopic (exact) mass is 177 g/mol. The molecule has 0 bridgehead atoms. The minimum atomic E-state index is -4.46. The van der Waals surface area contributed by atoms with Gasteiger partial charge in [0.25, 0.3) is 0 Å². The molecule has 1 radical (unpaired) electrons. The molecule has 0 unspecified atom stereocenters. The average molecular weight is 177 g/mol. The molecule has 1 rings (SSSR count). The number of hydrogen-bond acceptors (Lipinski definition) is 2. The molecule has 65 valence electrons. The van der Waals surface area contributed by atoms with Crippen molar-refractivity contribution < 1.29 is 18.2 Å². The van der Waals surface area contributed by atoms with E-state index in [-0.39, 0.29) is 5.59 Å². The van der Waals surface area contributed by atoms with Crippen molar-refractivity contribution in [2.75, 3.05) is 0 Å². The summed E-state index contributed by atoms with van der Waals surface area (Å²) in [7, 11) is 1.89. The lowest BCUT2D eigenvalue weighted by Crippen LogP contribution is -2.21. The first kappa shape index (κ1) is 9.12. The first-order valence-corrected chi connectivity index (χ1v) is 3.04. The highest BCUT2D eigenvalue weighted by molar-refractivity contribution is 6.44. The number of alkyl halides is 3. The maximum absolute atomic E-state index is 11.9. The van der Waals surface area contributed by atoms with E-state index in [2.05, 4.69) is 5.10 Å². The second-order valence-electron chi connectivity index (χ2n) is 2.20. The molecule has 3 nitrogen and oxygen atoms in total.